The Morgan fingerprint density at radius 1 is 0.960 bits per heavy atom. The number of hydrogen-bond donors (Lipinski definition) is 0. The number of halogens is 2. The van der Waals surface area contributed by atoms with Gasteiger partial charge in [0, 0.05) is 24.0 Å². The highest BCUT2D eigenvalue weighted by atomic mass is 19.1. The fourth-order valence-corrected chi connectivity index (χ4v) is 3.36. The summed E-state index contributed by atoms with van der Waals surface area (Å²) in [4.78, 5) is 0. The smallest absolute Gasteiger partial charge is 0.131 e. The van der Waals surface area contributed by atoms with Crippen LogP contribution in [0.3, 0.4) is 0 Å². The standard InChI is InChI=1S/C22H18F2O/c1-14-5-7-15(8-6-14)11-18-12-16-3-2-4-19(22(16)25-18)20-13-17(23)9-10-21(20)24/h2-10,13,18H,11-12H2,1H3. The summed E-state index contributed by atoms with van der Waals surface area (Å²) in [6.07, 6.45) is 1.57. The monoisotopic (exact) mass is 336 g/mol. The second-order valence-electron chi connectivity index (χ2n) is 6.55. The van der Waals surface area contributed by atoms with E-state index in [1.807, 2.05) is 12.1 Å². The number of rotatable bonds is 3. The molecule has 0 N–H and O–H groups in total. The second kappa shape index (κ2) is 6.32. The van der Waals surface area contributed by atoms with E-state index in [-0.39, 0.29) is 11.7 Å². The topological polar surface area (TPSA) is 9.23 Å². The van der Waals surface area contributed by atoms with Crippen LogP contribution in [0.5, 0.6) is 5.75 Å². The molecule has 0 fully saturated rings. The van der Waals surface area contributed by atoms with Gasteiger partial charge in [-0.3, -0.25) is 0 Å². The maximum atomic E-state index is 14.2. The van der Waals surface area contributed by atoms with Crippen molar-refractivity contribution in [1.29, 1.82) is 0 Å². The van der Waals surface area contributed by atoms with Gasteiger partial charge >= 0.3 is 0 Å². The molecule has 1 aliphatic heterocycles. The van der Waals surface area contributed by atoms with Crippen molar-refractivity contribution < 1.29 is 13.5 Å². The van der Waals surface area contributed by atoms with Crippen molar-refractivity contribution in [2.75, 3.05) is 0 Å². The van der Waals surface area contributed by atoms with Gasteiger partial charge in [0.15, 0.2) is 0 Å². The highest BCUT2D eigenvalue weighted by Crippen LogP contribution is 2.40. The lowest BCUT2D eigenvalue weighted by molar-refractivity contribution is 0.234. The molecule has 0 amide bonds. The van der Waals surface area contributed by atoms with Gasteiger partial charge in [-0.1, -0.05) is 48.0 Å². The molecule has 0 saturated carbocycles. The summed E-state index contributed by atoms with van der Waals surface area (Å²) in [5, 5.41) is 0. The van der Waals surface area contributed by atoms with Crippen LogP contribution in [0.25, 0.3) is 11.1 Å². The molecule has 3 heteroatoms. The van der Waals surface area contributed by atoms with E-state index in [2.05, 4.69) is 31.2 Å². The fraction of sp³-hybridized carbons (Fsp3) is 0.182. The Bertz CT molecular complexity index is 916. The van der Waals surface area contributed by atoms with E-state index in [1.165, 1.54) is 17.2 Å². The molecule has 0 aliphatic carbocycles. The summed E-state index contributed by atoms with van der Waals surface area (Å²) in [5.41, 5.74) is 4.33. The van der Waals surface area contributed by atoms with E-state index in [9.17, 15) is 8.78 Å². The van der Waals surface area contributed by atoms with Gasteiger partial charge < -0.3 is 4.74 Å². The molecule has 1 unspecified atom stereocenters. The Labute approximate surface area is 145 Å². The average molecular weight is 336 g/mol. The zero-order chi connectivity index (χ0) is 17.4. The van der Waals surface area contributed by atoms with Gasteiger partial charge in [0.05, 0.1) is 0 Å². The van der Waals surface area contributed by atoms with Crippen molar-refractivity contribution in [3.63, 3.8) is 0 Å². The van der Waals surface area contributed by atoms with E-state index < -0.39 is 11.6 Å². The molecular formula is C22H18F2O. The van der Waals surface area contributed by atoms with Crippen molar-refractivity contribution >= 4 is 0 Å². The summed E-state index contributed by atoms with van der Waals surface area (Å²) < 4.78 is 33.9. The first kappa shape index (κ1) is 15.8. The van der Waals surface area contributed by atoms with Gasteiger partial charge in [0.25, 0.3) is 0 Å². The lowest BCUT2D eigenvalue weighted by atomic mass is 9.98. The summed E-state index contributed by atoms with van der Waals surface area (Å²) >= 11 is 0. The first-order valence-corrected chi connectivity index (χ1v) is 8.39. The molecule has 1 nitrogen and oxygen atoms in total. The van der Waals surface area contributed by atoms with Gasteiger partial charge in [0.2, 0.25) is 0 Å². The van der Waals surface area contributed by atoms with Crippen LogP contribution in [0, 0.1) is 18.6 Å². The Morgan fingerprint density at radius 2 is 1.76 bits per heavy atom. The van der Waals surface area contributed by atoms with Crippen molar-refractivity contribution in [3.8, 4) is 16.9 Å². The molecule has 0 spiro atoms. The van der Waals surface area contributed by atoms with Crippen LogP contribution in [0.15, 0.2) is 60.7 Å². The van der Waals surface area contributed by atoms with E-state index >= 15 is 0 Å². The molecule has 0 radical (unpaired) electrons. The van der Waals surface area contributed by atoms with Crippen molar-refractivity contribution in [3.05, 3.63) is 89.0 Å². The maximum absolute atomic E-state index is 14.2. The van der Waals surface area contributed by atoms with E-state index in [1.54, 1.807) is 6.07 Å². The highest BCUT2D eigenvalue weighted by Gasteiger charge is 2.26. The molecule has 4 rings (SSSR count). The van der Waals surface area contributed by atoms with Crippen molar-refractivity contribution in [2.24, 2.45) is 0 Å². The number of ether oxygens (including phenoxy) is 1. The van der Waals surface area contributed by atoms with Gasteiger partial charge in [-0.05, 0) is 36.2 Å². The van der Waals surface area contributed by atoms with Gasteiger partial charge in [-0.2, -0.15) is 0 Å². The van der Waals surface area contributed by atoms with Gasteiger partial charge in [0.1, 0.15) is 23.5 Å². The number of hydrogen-bond acceptors (Lipinski definition) is 1. The Morgan fingerprint density at radius 3 is 2.56 bits per heavy atom. The highest BCUT2D eigenvalue weighted by molar-refractivity contribution is 5.73. The average Bonchev–Trinajstić information content (AvgIpc) is 3.01. The van der Waals surface area contributed by atoms with Crippen LogP contribution in [0.2, 0.25) is 0 Å². The number of para-hydroxylation sites is 1. The molecule has 1 heterocycles. The molecule has 1 aliphatic rings. The predicted molar refractivity (Wildman–Crippen MR) is 94.8 cm³/mol. The van der Waals surface area contributed by atoms with Crippen molar-refractivity contribution in [2.45, 2.75) is 25.9 Å². The quantitative estimate of drug-likeness (QED) is 0.615. The zero-order valence-electron chi connectivity index (χ0n) is 13.9. The van der Waals surface area contributed by atoms with Gasteiger partial charge in [-0.25, -0.2) is 8.78 Å². The number of benzene rings is 3. The van der Waals surface area contributed by atoms with Crippen LogP contribution < -0.4 is 4.74 Å². The molecule has 0 saturated heterocycles. The number of aryl methyl sites for hydroxylation is 1. The SMILES string of the molecule is Cc1ccc(CC2Cc3cccc(-c4cc(F)ccc4F)c3O2)cc1. The Kier molecular flexibility index (Phi) is 4.00. The summed E-state index contributed by atoms with van der Waals surface area (Å²) in [7, 11) is 0. The van der Waals surface area contributed by atoms with E-state index in [0.29, 0.717) is 11.3 Å². The number of fused-ring (bicyclic) bond motifs is 1. The molecular weight excluding hydrogens is 318 g/mol. The third-order valence-corrected chi connectivity index (χ3v) is 4.63. The minimum Gasteiger partial charge on any atom is -0.489 e. The van der Waals surface area contributed by atoms with E-state index in [0.717, 1.165) is 30.5 Å². The molecule has 126 valence electrons. The first-order chi connectivity index (χ1) is 12.1. The van der Waals surface area contributed by atoms with Crippen molar-refractivity contribution in [1.82, 2.24) is 0 Å². The fourth-order valence-electron chi connectivity index (χ4n) is 3.36. The molecule has 3 aromatic carbocycles. The van der Waals surface area contributed by atoms with Crippen LogP contribution in [-0.4, -0.2) is 6.10 Å². The Balaban J connectivity index is 1.63. The minimum atomic E-state index is -0.455. The minimum absolute atomic E-state index is 0.00970. The molecule has 0 aromatic heterocycles. The van der Waals surface area contributed by atoms with Gasteiger partial charge in [-0.15, -0.1) is 0 Å². The lowest BCUT2D eigenvalue weighted by Gasteiger charge is -2.13. The third kappa shape index (κ3) is 3.14. The summed E-state index contributed by atoms with van der Waals surface area (Å²) in [5.74, 6) is -0.229. The lowest BCUT2D eigenvalue weighted by Crippen LogP contribution is -2.16. The molecule has 0 bridgehead atoms. The van der Waals surface area contributed by atoms with Crippen LogP contribution >= 0.6 is 0 Å². The molecule has 3 aromatic rings. The van der Waals surface area contributed by atoms with Crippen LogP contribution in [0.4, 0.5) is 8.78 Å². The van der Waals surface area contributed by atoms with Crippen LogP contribution in [-0.2, 0) is 12.8 Å². The predicted octanol–water partition coefficient (Wildman–Crippen LogP) is 5.49. The summed E-state index contributed by atoms with van der Waals surface area (Å²) in [6, 6.07) is 17.5. The normalized spacial score (nSPS) is 15.7. The first-order valence-electron chi connectivity index (χ1n) is 8.39. The molecule has 1 atom stereocenters. The third-order valence-electron chi connectivity index (χ3n) is 4.63. The largest absolute Gasteiger partial charge is 0.489 e. The van der Waals surface area contributed by atoms with E-state index in [4.69, 9.17) is 4.74 Å². The second-order valence-corrected chi connectivity index (χ2v) is 6.55. The maximum Gasteiger partial charge on any atom is 0.131 e. The Hall–Kier alpha value is -2.68. The van der Waals surface area contributed by atoms with Crippen LogP contribution in [0.1, 0.15) is 16.7 Å². The zero-order valence-corrected chi connectivity index (χ0v) is 13.9. The summed E-state index contributed by atoms with van der Waals surface area (Å²) in [6.45, 7) is 2.06. The molecule has 25 heavy (non-hydrogen) atoms.